The van der Waals surface area contributed by atoms with Crippen LogP contribution in [-0.4, -0.2) is 25.0 Å². The number of aryl methyl sites for hydroxylation is 3. The third kappa shape index (κ3) is 2.52. The van der Waals surface area contributed by atoms with Crippen molar-refractivity contribution in [3.63, 3.8) is 0 Å². The molecule has 8 nitrogen and oxygen atoms in total. The molecule has 0 aliphatic rings. The molecule has 24 heavy (non-hydrogen) atoms. The molecule has 0 unspecified atom stereocenters. The maximum atomic E-state index is 12.5. The molecule has 124 valence electrons. The Labute approximate surface area is 140 Å². The molecule has 3 heterocycles. The summed E-state index contributed by atoms with van der Waals surface area (Å²) in [6.45, 7) is 3.52. The predicted molar refractivity (Wildman–Crippen MR) is 91.8 cm³/mol. The maximum Gasteiger partial charge on any atom is 0.331 e. The van der Waals surface area contributed by atoms with Crippen molar-refractivity contribution in [2.45, 2.75) is 13.8 Å². The fourth-order valence-electron chi connectivity index (χ4n) is 2.30. The summed E-state index contributed by atoms with van der Waals surface area (Å²) < 4.78 is 2.38. The van der Waals surface area contributed by atoms with Gasteiger partial charge in [-0.1, -0.05) is 0 Å². The summed E-state index contributed by atoms with van der Waals surface area (Å²) in [6.07, 6.45) is 1.63. The van der Waals surface area contributed by atoms with Crippen LogP contribution in [-0.2, 0) is 14.1 Å². The normalized spacial score (nSPS) is 11.0. The van der Waals surface area contributed by atoms with Crippen molar-refractivity contribution >= 4 is 33.3 Å². The average Bonchev–Trinajstić information content (AvgIpc) is 3.00. The van der Waals surface area contributed by atoms with E-state index in [-0.39, 0.29) is 5.91 Å². The number of hydrogen-bond acceptors (Lipinski definition) is 6. The molecule has 0 aliphatic heterocycles. The summed E-state index contributed by atoms with van der Waals surface area (Å²) in [7, 11) is 2.98. The Hall–Kier alpha value is -2.81. The quantitative estimate of drug-likeness (QED) is 0.746. The number of hydrogen-bond donors (Lipinski definition) is 1. The largest absolute Gasteiger partial charge is 0.331 e. The van der Waals surface area contributed by atoms with Gasteiger partial charge in [0.2, 0.25) is 0 Å². The minimum atomic E-state index is -0.427. The van der Waals surface area contributed by atoms with E-state index in [4.69, 9.17) is 0 Å². The van der Waals surface area contributed by atoms with Crippen molar-refractivity contribution in [1.29, 1.82) is 0 Å². The molecule has 1 amide bonds. The first-order valence-electron chi connectivity index (χ1n) is 7.10. The third-order valence-corrected chi connectivity index (χ3v) is 4.88. The predicted octanol–water partition coefficient (Wildman–Crippen LogP) is 0.958. The number of anilines is 1. The summed E-state index contributed by atoms with van der Waals surface area (Å²) in [4.78, 5) is 45.7. The number of thiophene rings is 1. The number of rotatable bonds is 2. The number of aromatic nitrogens is 4. The van der Waals surface area contributed by atoms with Crippen LogP contribution in [0.4, 0.5) is 5.82 Å². The zero-order valence-electron chi connectivity index (χ0n) is 13.6. The zero-order chi connectivity index (χ0) is 17.6. The number of carbonyl (C=O) groups is 1. The van der Waals surface area contributed by atoms with Crippen LogP contribution in [0.25, 0.3) is 10.2 Å². The first kappa shape index (κ1) is 16.1. The summed E-state index contributed by atoms with van der Waals surface area (Å²) in [5.41, 5.74) is -0.112. The van der Waals surface area contributed by atoms with E-state index in [9.17, 15) is 14.4 Å². The van der Waals surface area contributed by atoms with E-state index >= 15 is 0 Å². The molecular formula is C15H15N5O3S. The molecule has 9 heteroatoms. The highest BCUT2D eigenvalue weighted by Gasteiger charge is 2.17. The molecule has 0 saturated heterocycles. The Balaban J connectivity index is 2.07. The van der Waals surface area contributed by atoms with Crippen LogP contribution in [0, 0.1) is 13.8 Å². The van der Waals surface area contributed by atoms with Gasteiger partial charge in [-0.2, -0.15) is 0 Å². The van der Waals surface area contributed by atoms with Crippen molar-refractivity contribution in [2.24, 2.45) is 14.1 Å². The molecule has 0 radical (unpaired) electrons. The summed E-state index contributed by atoms with van der Waals surface area (Å²) in [6, 6.07) is 1.50. The van der Waals surface area contributed by atoms with Crippen LogP contribution >= 0.6 is 11.3 Å². The van der Waals surface area contributed by atoms with Crippen LogP contribution in [0.15, 0.2) is 21.9 Å². The Morgan fingerprint density at radius 3 is 2.62 bits per heavy atom. The van der Waals surface area contributed by atoms with E-state index in [2.05, 4.69) is 15.3 Å². The molecule has 3 rings (SSSR count). The summed E-state index contributed by atoms with van der Waals surface area (Å²) in [5.74, 6) is 0.585. The molecule has 1 N–H and O–H groups in total. The number of fused-ring (bicyclic) bond motifs is 1. The van der Waals surface area contributed by atoms with Gasteiger partial charge in [-0.3, -0.25) is 18.7 Å². The fraction of sp³-hybridized carbons (Fsp3) is 0.267. The Morgan fingerprint density at radius 1 is 1.21 bits per heavy atom. The van der Waals surface area contributed by atoms with Crippen LogP contribution in [0.2, 0.25) is 0 Å². The van der Waals surface area contributed by atoms with E-state index < -0.39 is 11.2 Å². The molecule has 0 saturated carbocycles. The lowest BCUT2D eigenvalue weighted by atomic mass is 10.3. The van der Waals surface area contributed by atoms with Crippen molar-refractivity contribution < 1.29 is 4.79 Å². The van der Waals surface area contributed by atoms with Gasteiger partial charge in [0.25, 0.3) is 11.5 Å². The van der Waals surface area contributed by atoms with E-state index in [1.807, 2.05) is 0 Å². The monoisotopic (exact) mass is 345 g/mol. The zero-order valence-corrected chi connectivity index (χ0v) is 14.4. The molecule has 3 aromatic heterocycles. The fourth-order valence-corrected chi connectivity index (χ4v) is 3.30. The van der Waals surface area contributed by atoms with E-state index in [1.54, 1.807) is 27.1 Å². The number of nitrogens with zero attached hydrogens (tertiary/aromatic N) is 4. The Morgan fingerprint density at radius 2 is 1.92 bits per heavy atom. The highest BCUT2D eigenvalue weighted by molar-refractivity contribution is 7.20. The number of nitrogens with one attached hydrogen (secondary N) is 1. The van der Waals surface area contributed by atoms with Gasteiger partial charge >= 0.3 is 5.69 Å². The first-order chi connectivity index (χ1) is 11.3. The van der Waals surface area contributed by atoms with Crippen LogP contribution in [0.3, 0.4) is 0 Å². The van der Waals surface area contributed by atoms with Gasteiger partial charge < -0.3 is 5.32 Å². The first-order valence-corrected chi connectivity index (χ1v) is 7.92. The van der Waals surface area contributed by atoms with E-state index in [1.165, 1.54) is 17.7 Å². The van der Waals surface area contributed by atoms with E-state index in [0.29, 0.717) is 26.7 Å². The molecular weight excluding hydrogens is 330 g/mol. The van der Waals surface area contributed by atoms with Crippen molar-refractivity contribution in [3.8, 4) is 0 Å². The molecule has 0 aliphatic carbocycles. The second kappa shape index (κ2) is 5.68. The summed E-state index contributed by atoms with van der Waals surface area (Å²) >= 11 is 1.09. The second-order valence-electron chi connectivity index (χ2n) is 5.44. The second-order valence-corrected chi connectivity index (χ2v) is 6.47. The van der Waals surface area contributed by atoms with Gasteiger partial charge in [0.1, 0.15) is 16.5 Å². The molecule has 0 bridgehead atoms. The van der Waals surface area contributed by atoms with Gasteiger partial charge in [0.15, 0.2) is 0 Å². The topological polar surface area (TPSA) is 98.9 Å². The van der Waals surface area contributed by atoms with Crippen LogP contribution < -0.4 is 16.6 Å². The van der Waals surface area contributed by atoms with E-state index in [0.717, 1.165) is 21.5 Å². The molecule has 0 aromatic carbocycles. The Bertz CT molecular complexity index is 1090. The van der Waals surface area contributed by atoms with Gasteiger partial charge in [-0.25, -0.2) is 14.8 Å². The summed E-state index contributed by atoms with van der Waals surface area (Å²) in [5, 5.41) is 3.06. The molecule has 0 spiro atoms. The average molecular weight is 345 g/mol. The molecule has 0 fully saturated rings. The van der Waals surface area contributed by atoms with Crippen molar-refractivity contribution in [1.82, 2.24) is 19.1 Å². The minimum absolute atomic E-state index is 0.332. The highest BCUT2D eigenvalue weighted by Crippen LogP contribution is 2.23. The van der Waals surface area contributed by atoms with Crippen LogP contribution in [0.1, 0.15) is 21.1 Å². The third-order valence-electron chi connectivity index (χ3n) is 3.67. The van der Waals surface area contributed by atoms with Crippen LogP contribution in [0.5, 0.6) is 0 Å². The lowest BCUT2D eigenvalue weighted by Gasteiger charge is -2.06. The smallest absolute Gasteiger partial charge is 0.306 e. The molecule has 3 aromatic rings. The van der Waals surface area contributed by atoms with Crippen molar-refractivity contribution in [2.75, 3.05) is 5.32 Å². The standard InChI is InChI=1S/C15H15N5O3S/c1-7-6-16-8(2)17-11(7)18-12(21)10-5-9-13(22)19(3)15(23)20(4)14(9)24-10/h5-6H,1-4H3,(H,16,17,18,21). The maximum absolute atomic E-state index is 12.5. The van der Waals surface area contributed by atoms with Gasteiger partial charge in [-0.15, -0.1) is 11.3 Å². The van der Waals surface area contributed by atoms with Crippen molar-refractivity contribution in [3.05, 3.63) is 49.4 Å². The molecule has 0 atom stereocenters. The SMILES string of the molecule is Cc1ncc(C)c(NC(=O)c2cc3c(=O)n(C)c(=O)n(C)c3s2)n1. The Kier molecular flexibility index (Phi) is 3.80. The lowest BCUT2D eigenvalue weighted by molar-refractivity contribution is 0.103. The number of amides is 1. The lowest BCUT2D eigenvalue weighted by Crippen LogP contribution is -2.36. The number of carbonyl (C=O) groups excluding carboxylic acids is 1. The van der Waals surface area contributed by atoms with Gasteiger partial charge in [-0.05, 0) is 19.9 Å². The minimum Gasteiger partial charge on any atom is -0.306 e. The highest BCUT2D eigenvalue weighted by atomic mass is 32.1. The van der Waals surface area contributed by atoms with Gasteiger partial charge in [0, 0.05) is 25.9 Å². The van der Waals surface area contributed by atoms with Gasteiger partial charge in [0.05, 0.1) is 10.3 Å².